The van der Waals surface area contributed by atoms with Crippen LogP contribution >= 0.6 is 0 Å². The molecule has 1 aromatic rings. The van der Waals surface area contributed by atoms with Crippen LogP contribution in [-0.2, 0) is 20.4 Å². The summed E-state index contributed by atoms with van der Waals surface area (Å²) in [6, 6.07) is 5.92. The van der Waals surface area contributed by atoms with E-state index in [0.29, 0.717) is 24.1 Å². The van der Waals surface area contributed by atoms with Crippen molar-refractivity contribution in [1.29, 1.82) is 0 Å². The molecule has 1 aromatic carbocycles. The Hall–Kier alpha value is -1.89. The molecule has 1 aliphatic heterocycles. The molecule has 6 nitrogen and oxygen atoms in total. The van der Waals surface area contributed by atoms with Crippen molar-refractivity contribution < 1.29 is 18.0 Å². The van der Waals surface area contributed by atoms with E-state index < -0.39 is 15.9 Å². The van der Waals surface area contributed by atoms with Crippen LogP contribution in [0.2, 0.25) is 0 Å². The minimum atomic E-state index is -3.16. The van der Waals surface area contributed by atoms with Gasteiger partial charge in [0.2, 0.25) is 5.91 Å². The fourth-order valence-electron chi connectivity index (χ4n) is 2.42. The van der Waals surface area contributed by atoms with Gasteiger partial charge in [0.15, 0.2) is 9.84 Å². The van der Waals surface area contributed by atoms with E-state index in [4.69, 9.17) is 0 Å². The van der Waals surface area contributed by atoms with Crippen LogP contribution in [0.3, 0.4) is 0 Å². The summed E-state index contributed by atoms with van der Waals surface area (Å²) in [5, 5.41) is 5.48. The van der Waals surface area contributed by atoms with Crippen molar-refractivity contribution in [2.75, 3.05) is 12.8 Å². The highest BCUT2D eigenvalue weighted by Crippen LogP contribution is 2.11. The number of carbonyl (C=O) groups excluding carboxylic acids is 2. The lowest BCUT2D eigenvalue weighted by Gasteiger charge is -2.15. The third-order valence-electron chi connectivity index (χ3n) is 3.46. The van der Waals surface area contributed by atoms with Crippen molar-refractivity contribution in [3.63, 3.8) is 0 Å². The first-order chi connectivity index (χ1) is 10.3. The van der Waals surface area contributed by atoms with E-state index in [-0.39, 0.29) is 17.6 Å². The van der Waals surface area contributed by atoms with Crippen LogP contribution in [0.4, 0.5) is 0 Å². The lowest BCUT2D eigenvalue weighted by atomic mass is 10.1. The summed E-state index contributed by atoms with van der Waals surface area (Å²) in [7, 11) is -3.16. The van der Waals surface area contributed by atoms with E-state index in [1.807, 2.05) is 0 Å². The van der Waals surface area contributed by atoms with E-state index >= 15 is 0 Å². The largest absolute Gasteiger partial charge is 0.354 e. The molecule has 1 atom stereocenters. The molecular formula is C15H20N2O4S. The van der Waals surface area contributed by atoms with Gasteiger partial charge < -0.3 is 10.6 Å². The van der Waals surface area contributed by atoms with Gasteiger partial charge in [0.1, 0.15) is 6.04 Å². The Morgan fingerprint density at radius 3 is 2.86 bits per heavy atom. The normalized spacial score (nSPS) is 19.1. The van der Waals surface area contributed by atoms with Gasteiger partial charge in [-0.15, -0.1) is 0 Å². The van der Waals surface area contributed by atoms with Crippen LogP contribution in [-0.4, -0.2) is 39.1 Å². The molecule has 0 spiro atoms. The van der Waals surface area contributed by atoms with Crippen molar-refractivity contribution >= 4 is 21.7 Å². The van der Waals surface area contributed by atoms with Crippen molar-refractivity contribution in [1.82, 2.24) is 10.6 Å². The average molecular weight is 324 g/mol. The Kier molecular flexibility index (Phi) is 5.18. The molecule has 0 saturated carbocycles. The quantitative estimate of drug-likeness (QED) is 0.849. The molecule has 0 radical (unpaired) electrons. The van der Waals surface area contributed by atoms with Gasteiger partial charge in [-0.05, 0) is 37.0 Å². The molecule has 0 unspecified atom stereocenters. The molecule has 7 heteroatoms. The smallest absolute Gasteiger partial charge is 0.251 e. The molecule has 2 rings (SSSR count). The number of rotatable bonds is 4. The molecule has 1 heterocycles. The van der Waals surface area contributed by atoms with E-state index in [1.165, 1.54) is 0 Å². The van der Waals surface area contributed by atoms with Gasteiger partial charge in [0, 0.05) is 18.4 Å². The number of hydrogen-bond donors (Lipinski definition) is 2. The molecule has 1 saturated heterocycles. The number of hydrogen-bond acceptors (Lipinski definition) is 4. The molecule has 120 valence electrons. The molecule has 22 heavy (non-hydrogen) atoms. The predicted octanol–water partition coefficient (Wildman–Crippen LogP) is 0.630. The second-order valence-electron chi connectivity index (χ2n) is 5.58. The highest BCUT2D eigenvalue weighted by atomic mass is 32.2. The van der Waals surface area contributed by atoms with Gasteiger partial charge in [-0.25, -0.2) is 8.42 Å². The van der Waals surface area contributed by atoms with E-state index in [1.54, 1.807) is 24.3 Å². The summed E-state index contributed by atoms with van der Waals surface area (Å²) < 4.78 is 22.7. The molecule has 2 N–H and O–H groups in total. The molecule has 1 aliphatic rings. The van der Waals surface area contributed by atoms with Gasteiger partial charge in [-0.3, -0.25) is 9.59 Å². The predicted molar refractivity (Wildman–Crippen MR) is 83.1 cm³/mol. The zero-order chi connectivity index (χ0) is 16.2. The van der Waals surface area contributed by atoms with Crippen LogP contribution in [0.1, 0.15) is 35.2 Å². The third-order valence-corrected chi connectivity index (χ3v) is 4.32. The summed E-state index contributed by atoms with van der Waals surface area (Å²) in [4.78, 5) is 24.1. The number of benzene rings is 1. The minimum Gasteiger partial charge on any atom is -0.354 e. The minimum absolute atomic E-state index is 0.113. The fraction of sp³-hybridized carbons (Fsp3) is 0.467. The van der Waals surface area contributed by atoms with Crippen molar-refractivity contribution in [2.24, 2.45) is 0 Å². The first-order valence-electron chi connectivity index (χ1n) is 7.20. The van der Waals surface area contributed by atoms with Crippen LogP contribution < -0.4 is 10.6 Å². The number of carbonyl (C=O) groups is 2. The Labute approximate surface area is 130 Å². The number of sulfone groups is 1. The van der Waals surface area contributed by atoms with Gasteiger partial charge in [0.05, 0.1) is 5.75 Å². The zero-order valence-corrected chi connectivity index (χ0v) is 13.3. The lowest BCUT2D eigenvalue weighted by molar-refractivity contribution is -0.122. The van der Waals surface area contributed by atoms with Crippen LogP contribution in [0.25, 0.3) is 0 Å². The summed E-state index contributed by atoms with van der Waals surface area (Å²) in [6.07, 6.45) is 3.54. The SMILES string of the molecule is CS(=O)(=O)Cc1cccc(C(=O)N[C@@H]2CCCCNC2=O)c1. The second kappa shape index (κ2) is 6.91. The molecule has 0 aliphatic carbocycles. The maximum absolute atomic E-state index is 12.2. The standard InChI is InChI=1S/C15H20N2O4S/c1-22(20,21)10-11-5-4-6-12(9-11)14(18)17-13-7-2-3-8-16-15(13)19/h4-6,9,13H,2-3,7-8,10H2,1H3,(H,16,19)(H,17,18)/t13-/m1/s1. The second-order valence-corrected chi connectivity index (χ2v) is 7.72. The number of amides is 2. The summed E-state index contributed by atoms with van der Waals surface area (Å²) in [5.74, 6) is -0.645. The first-order valence-corrected chi connectivity index (χ1v) is 9.26. The van der Waals surface area contributed by atoms with Gasteiger partial charge in [0.25, 0.3) is 5.91 Å². The van der Waals surface area contributed by atoms with Gasteiger partial charge >= 0.3 is 0 Å². The van der Waals surface area contributed by atoms with Gasteiger partial charge in [-0.1, -0.05) is 12.1 Å². The fourth-order valence-corrected chi connectivity index (χ4v) is 3.21. The lowest BCUT2D eigenvalue weighted by Crippen LogP contribution is -2.45. The van der Waals surface area contributed by atoms with Crippen molar-refractivity contribution in [3.05, 3.63) is 35.4 Å². The Balaban J connectivity index is 2.09. The van der Waals surface area contributed by atoms with Crippen molar-refractivity contribution in [3.8, 4) is 0 Å². The molecule has 0 bridgehead atoms. The number of nitrogens with one attached hydrogen (secondary N) is 2. The highest BCUT2D eigenvalue weighted by molar-refractivity contribution is 7.89. The molecule has 1 fully saturated rings. The van der Waals surface area contributed by atoms with E-state index in [0.717, 1.165) is 19.1 Å². The van der Waals surface area contributed by atoms with Crippen LogP contribution in [0, 0.1) is 0 Å². The van der Waals surface area contributed by atoms with Gasteiger partial charge in [-0.2, -0.15) is 0 Å². The average Bonchev–Trinajstić information content (AvgIpc) is 2.62. The van der Waals surface area contributed by atoms with Crippen LogP contribution in [0.5, 0.6) is 0 Å². The highest BCUT2D eigenvalue weighted by Gasteiger charge is 2.23. The summed E-state index contributed by atoms with van der Waals surface area (Å²) in [5.41, 5.74) is 0.915. The Bertz CT molecular complexity index is 670. The van der Waals surface area contributed by atoms with Crippen molar-refractivity contribution in [2.45, 2.75) is 31.1 Å². The Morgan fingerprint density at radius 1 is 1.36 bits per heavy atom. The molecule has 2 amide bonds. The molecule has 0 aromatic heterocycles. The summed E-state index contributed by atoms with van der Waals surface area (Å²) >= 11 is 0. The summed E-state index contributed by atoms with van der Waals surface area (Å²) in [6.45, 7) is 0.634. The molecular weight excluding hydrogens is 304 g/mol. The third kappa shape index (κ3) is 4.84. The van der Waals surface area contributed by atoms with Crippen LogP contribution in [0.15, 0.2) is 24.3 Å². The zero-order valence-electron chi connectivity index (χ0n) is 12.5. The topological polar surface area (TPSA) is 92.3 Å². The maximum atomic E-state index is 12.2. The monoisotopic (exact) mass is 324 g/mol. The maximum Gasteiger partial charge on any atom is 0.251 e. The first kappa shape index (κ1) is 16.5. The van der Waals surface area contributed by atoms with E-state index in [2.05, 4.69) is 10.6 Å². The Morgan fingerprint density at radius 2 is 2.14 bits per heavy atom. The van der Waals surface area contributed by atoms with E-state index in [9.17, 15) is 18.0 Å².